The molecule has 0 atom stereocenters. The van der Waals surface area contributed by atoms with E-state index in [-0.39, 0.29) is 5.91 Å². The molecule has 1 aliphatic rings. The van der Waals surface area contributed by atoms with Gasteiger partial charge in [-0.2, -0.15) is 0 Å². The summed E-state index contributed by atoms with van der Waals surface area (Å²) in [7, 11) is 0. The molecule has 126 valence electrons. The minimum Gasteiger partial charge on any atom is -0.357 e. The number of aromatic nitrogens is 2. The molecule has 0 unspecified atom stereocenters. The van der Waals surface area contributed by atoms with Gasteiger partial charge in [0.1, 0.15) is 17.8 Å². The molecule has 5 heteroatoms. The smallest absolute Gasteiger partial charge is 0.270 e. The lowest BCUT2D eigenvalue weighted by Gasteiger charge is -2.21. The zero-order chi connectivity index (χ0) is 16.8. The van der Waals surface area contributed by atoms with Gasteiger partial charge in [-0.05, 0) is 25.3 Å². The second kappa shape index (κ2) is 7.90. The molecule has 1 amide bonds. The Hall–Kier alpha value is -2.43. The Morgan fingerprint density at radius 2 is 1.79 bits per heavy atom. The first kappa shape index (κ1) is 16.4. The molecule has 3 rings (SSSR count). The van der Waals surface area contributed by atoms with E-state index in [1.54, 1.807) is 6.07 Å². The van der Waals surface area contributed by atoms with Crippen LogP contribution in [0.3, 0.4) is 0 Å². The molecular weight excluding hydrogens is 300 g/mol. The molecule has 0 spiro atoms. The van der Waals surface area contributed by atoms with Gasteiger partial charge in [-0.15, -0.1) is 0 Å². The van der Waals surface area contributed by atoms with Gasteiger partial charge >= 0.3 is 0 Å². The fourth-order valence-electron chi connectivity index (χ4n) is 2.92. The fraction of sp³-hybridized carbons (Fsp3) is 0.421. The van der Waals surface area contributed by atoms with Crippen LogP contribution in [-0.2, 0) is 6.54 Å². The van der Waals surface area contributed by atoms with Crippen LogP contribution >= 0.6 is 0 Å². The third-order valence-corrected chi connectivity index (χ3v) is 4.39. The summed E-state index contributed by atoms with van der Waals surface area (Å²) >= 11 is 0. The Morgan fingerprint density at radius 1 is 1.08 bits per heavy atom. The van der Waals surface area contributed by atoms with Crippen LogP contribution in [0.4, 0.5) is 5.82 Å². The molecule has 1 fully saturated rings. The number of nitrogens with one attached hydrogen (secondary N) is 1. The topological polar surface area (TPSA) is 58.1 Å². The predicted molar refractivity (Wildman–Crippen MR) is 95.1 cm³/mol. The maximum absolute atomic E-state index is 12.4. The van der Waals surface area contributed by atoms with Crippen LogP contribution in [0.25, 0.3) is 0 Å². The van der Waals surface area contributed by atoms with Crippen molar-refractivity contribution in [3.05, 3.63) is 53.5 Å². The number of hydrogen-bond donors (Lipinski definition) is 1. The zero-order valence-electron chi connectivity index (χ0n) is 14.2. The number of carbonyl (C=O) groups is 1. The summed E-state index contributed by atoms with van der Waals surface area (Å²) in [4.78, 5) is 23.1. The van der Waals surface area contributed by atoms with Crippen molar-refractivity contribution in [2.75, 3.05) is 18.0 Å². The number of carbonyl (C=O) groups excluding carboxylic acids is 1. The van der Waals surface area contributed by atoms with Crippen molar-refractivity contribution in [2.24, 2.45) is 0 Å². The van der Waals surface area contributed by atoms with E-state index in [4.69, 9.17) is 0 Å². The van der Waals surface area contributed by atoms with Crippen LogP contribution in [-0.4, -0.2) is 29.0 Å². The molecule has 1 saturated heterocycles. The number of nitrogens with zero attached hydrogens (tertiary/aromatic N) is 3. The molecule has 1 aromatic heterocycles. The standard InChI is InChI=1S/C19H24N4O/c1-15-6-8-16(9-7-15)13-20-19(24)17-12-18(22-14-21-17)23-10-4-2-3-5-11-23/h6-9,12,14H,2-5,10-11,13H2,1H3,(H,20,24). The lowest BCUT2D eigenvalue weighted by atomic mass is 10.1. The highest BCUT2D eigenvalue weighted by molar-refractivity contribution is 5.92. The summed E-state index contributed by atoms with van der Waals surface area (Å²) in [5, 5.41) is 2.93. The van der Waals surface area contributed by atoms with Gasteiger partial charge in [0.2, 0.25) is 0 Å². The lowest BCUT2D eigenvalue weighted by molar-refractivity contribution is 0.0945. The lowest BCUT2D eigenvalue weighted by Crippen LogP contribution is -2.27. The molecule has 0 bridgehead atoms. The molecule has 2 heterocycles. The van der Waals surface area contributed by atoms with Gasteiger partial charge in [0.15, 0.2) is 0 Å². The molecule has 2 aromatic rings. The van der Waals surface area contributed by atoms with Gasteiger partial charge in [0, 0.05) is 25.7 Å². The largest absolute Gasteiger partial charge is 0.357 e. The number of amides is 1. The molecule has 1 N–H and O–H groups in total. The highest BCUT2D eigenvalue weighted by Crippen LogP contribution is 2.17. The van der Waals surface area contributed by atoms with E-state index in [1.807, 2.05) is 31.2 Å². The Kier molecular flexibility index (Phi) is 5.41. The van der Waals surface area contributed by atoms with Crippen molar-refractivity contribution in [3.63, 3.8) is 0 Å². The first-order valence-corrected chi connectivity index (χ1v) is 8.63. The highest BCUT2D eigenvalue weighted by Gasteiger charge is 2.14. The average molecular weight is 324 g/mol. The fourth-order valence-corrected chi connectivity index (χ4v) is 2.92. The van der Waals surface area contributed by atoms with E-state index in [2.05, 4.69) is 20.2 Å². The summed E-state index contributed by atoms with van der Waals surface area (Å²) in [6.07, 6.45) is 6.38. The van der Waals surface area contributed by atoms with Gasteiger partial charge in [-0.1, -0.05) is 42.7 Å². The van der Waals surface area contributed by atoms with Crippen molar-refractivity contribution < 1.29 is 4.79 Å². The van der Waals surface area contributed by atoms with E-state index in [0.717, 1.165) is 24.5 Å². The maximum atomic E-state index is 12.4. The number of benzene rings is 1. The zero-order valence-corrected chi connectivity index (χ0v) is 14.2. The average Bonchev–Trinajstić information content (AvgIpc) is 2.90. The first-order chi connectivity index (χ1) is 11.7. The van der Waals surface area contributed by atoms with E-state index in [1.165, 1.54) is 37.6 Å². The van der Waals surface area contributed by atoms with Crippen molar-refractivity contribution in [1.29, 1.82) is 0 Å². The summed E-state index contributed by atoms with van der Waals surface area (Å²) < 4.78 is 0. The predicted octanol–water partition coefficient (Wildman–Crippen LogP) is 3.10. The van der Waals surface area contributed by atoms with E-state index >= 15 is 0 Å². The van der Waals surface area contributed by atoms with Gasteiger partial charge in [0.25, 0.3) is 5.91 Å². The van der Waals surface area contributed by atoms with Crippen molar-refractivity contribution in [2.45, 2.75) is 39.2 Å². The Labute approximate surface area is 143 Å². The molecule has 1 aromatic carbocycles. The second-order valence-corrected chi connectivity index (χ2v) is 6.33. The third kappa shape index (κ3) is 4.31. The highest BCUT2D eigenvalue weighted by atomic mass is 16.1. The number of anilines is 1. The molecule has 0 aliphatic carbocycles. The molecule has 0 saturated carbocycles. The maximum Gasteiger partial charge on any atom is 0.270 e. The molecule has 5 nitrogen and oxygen atoms in total. The van der Waals surface area contributed by atoms with Gasteiger partial charge in [0.05, 0.1) is 0 Å². The van der Waals surface area contributed by atoms with Crippen LogP contribution in [0.1, 0.15) is 47.3 Å². The minimum absolute atomic E-state index is 0.158. The molecule has 0 radical (unpaired) electrons. The molecule has 24 heavy (non-hydrogen) atoms. The summed E-state index contributed by atoms with van der Waals surface area (Å²) in [5.41, 5.74) is 2.72. The van der Waals surface area contributed by atoms with E-state index < -0.39 is 0 Å². The monoisotopic (exact) mass is 324 g/mol. The Balaban J connectivity index is 1.64. The van der Waals surface area contributed by atoms with Crippen LogP contribution in [0.5, 0.6) is 0 Å². The minimum atomic E-state index is -0.158. The van der Waals surface area contributed by atoms with Crippen molar-refractivity contribution in [1.82, 2.24) is 15.3 Å². The van der Waals surface area contributed by atoms with E-state index in [9.17, 15) is 4.79 Å². The van der Waals surface area contributed by atoms with Gasteiger partial charge in [-0.25, -0.2) is 9.97 Å². The normalized spacial score (nSPS) is 15.0. The second-order valence-electron chi connectivity index (χ2n) is 6.33. The van der Waals surface area contributed by atoms with E-state index in [0.29, 0.717) is 12.2 Å². The number of aryl methyl sites for hydroxylation is 1. The van der Waals surface area contributed by atoms with Gasteiger partial charge in [-0.3, -0.25) is 4.79 Å². The van der Waals surface area contributed by atoms with Crippen LogP contribution in [0.15, 0.2) is 36.7 Å². The summed E-state index contributed by atoms with van der Waals surface area (Å²) in [5.74, 6) is 0.696. The van der Waals surface area contributed by atoms with Crippen molar-refractivity contribution in [3.8, 4) is 0 Å². The van der Waals surface area contributed by atoms with Gasteiger partial charge < -0.3 is 10.2 Å². The van der Waals surface area contributed by atoms with Crippen LogP contribution in [0, 0.1) is 6.92 Å². The SMILES string of the molecule is Cc1ccc(CNC(=O)c2cc(N3CCCCCC3)ncn2)cc1. The summed E-state index contributed by atoms with van der Waals surface area (Å²) in [6, 6.07) is 9.94. The first-order valence-electron chi connectivity index (χ1n) is 8.63. The molecule has 1 aliphatic heterocycles. The third-order valence-electron chi connectivity index (χ3n) is 4.39. The molecular formula is C19H24N4O. The Morgan fingerprint density at radius 3 is 2.50 bits per heavy atom. The summed E-state index contributed by atoms with van der Waals surface area (Å²) in [6.45, 7) is 4.55. The van der Waals surface area contributed by atoms with Crippen LogP contribution < -0.4 is 10.2 Å². The quantitative estimate of drug-likeness (QED) is 0.939. The van der Waals surface area contributed by atoms with Crippen LogP contribution in [0.2, 0.25) is 0 Å². The Bertz CT molecular complexity index is 676. The number of rotatable bonds is 4. The number of hydrogen-bond acceptors (Lipinski definition) is 4. The van der Waals surface area contributed by atoms with Crippen molar-refractivity contribution >= 4 is 11.7 Å².